The van der Waals surface area contributed by atoms with Gasteiger partial charge in [0.15, 0.2) is 11.6 Å². The second kappa shape index (κ2) is 25.8. The molecule has 2 N–H and O–H groups in total. The SMILES string of the molecule is CC(=O)C(C)c1ccc(CBr)cc1.CCC(C(=O)c1ccc(F)cc1)N(C)C.CCC(Cc1ccc(C(C)C(=O)O)cc1)(C(=O)c1ccc(F)cc1)N(C)C.[Na+].[OH-]. The minimum atomic E-state index is -0.870. The number of likely N-dealkylation sites (N-methyl/N-ethyl adjacent to an activating group) is 2. The predicted octanol–water partition coefficient (Wildman–Crippen LogP) is 6.60. The van der Waals surface area contributed by atoms with Crippen molar-refractivity contribution < 1.29 is 68.1 Å². The van der Waals surface area contributed by atoms with Gasteiger partial charge in [-0.2, -0.15) is 0 Å². The number of aliphatic carboxylic acids is 1. The Labute approximate surface area is 367 Å². The number of nitrogens with zero attached hydrogens (tertiary/aromatic N) is 2. The van der Waals surface area contributed by atoms with Gasteiger partial charge in [-0.3, -0.25) is 29.0 Å². The van der Waals surface area contributed by atoms with Gasteiger partial charge >= 0.3 is 35.5 Å². The summed E-state index contributed by atoms with van der Waals surface area (Å²) >= 11 is 3.38. The maximum absolute atomic E-state index is 13.3. The smallest absolute Gasteiger partial charge is 0.870 e. The molecule has 0 amide bonds. The van der Waals surface area contributed by atoms with E-state index >= 15 is 0 Å². The molecule has 0 radical (unpaired) electrons. The molecule has 0 aliphatic rings. The van der Waals surface area contributed by atoms with Crippen molar-refractivity contribution in [3.63, 3.8) is 0 Å². The topological polar surface area (TPSA) is 125 Å². The molecule has 0 bridgehead atoms. The minimum absolute atomic E-state index is 0. The first-order chi connectivity index (χ1) is 25.9. The molecular weight excluding hydrogens is 805 g/mol. The molecule has 4 atom stereocenters. The molecule has 0 aromatic heterocycles. The maximum Gasteiger partial charge on any atom is 1.00 e. The summed E-state index contributed by atoms with van der Waals surface area (Å²) < 4.78 is 25.9. The molecule has 0 aliphatic carbocycles. The molecular formula is C45H56BrF2N2NaO6. The summed E-state index contributed by atoms with van der Waals surface area (Å²) in [5.74, 6) is -1.92. The number of ketones is 3. The van der Waals surface area contributed by atoms with E-state index in [4.69, 9.17) is 5.11 Å². The van der Waals surface area contributed by atoms with Crippen LogP contribution in [-0.2, 0) is 21.3 Å². The molecule has 0 saturated carbocycles. The number of halogens is 3. The maximum atomic E-state index is 13.3. The van der Waals surface area contributed by atoms with E-state index < -0.39 is 17.4 Å². The molecule has 0 fully saturated rings. The standard InChI is InChI=1S/C22H26FNO3.C12H16FNO.C11H13BrO.Na.H2O/c1-5-22(24(3)4,20(25)18-10-12-19(23)13-11-18)14-16-6-8-17(9-7-16)15(2)21(26)27;1-4-11(14(2)3)12(15)9-5-7-10(13)8-6-9;1-8(9(2)13)11-5-3-10(7-12)4-6-11;;/h6-13,15H,5,14H2,1-4H3,(H,26,27);5-8,11H,4H2,1-3H3;3-6,8H,7H2,1-2H3;;1H2/q;;;+1;/p-1. The number of carboxylic acids is 1. The van der Waals surface area contributed by atoms with Gasteiger partial charge in [-0.25, -0.2) is 8.78 Å². The van der Waals surface area contributed by atoms with Gasteiger partial charge in [0.25, 0.3) is 0 Å². The van der Waals surface area contributed by atoms with E-state index in [-0.39, 0.29) is 76.0 Å². The van der Waals surface area contributed by atoms with Crippen molar-refractivity contribution in [2.45, 2.75) is 82.6 Å². The first-order valence-electron chi connectivity index (χ1n) is 18.3. The molecule has 0 saturated heterocycles. The van der Waals surface area contributed by atoms with Crippen LogP contribution in [0.5, 0.6) is 0 Å². The fourth-order valence-electron chi connectivity index (χ4n) is 6.04. The Kier molecular flexibility index (Phi) is 24.3. The molecule has 0 heterocycles. The number of hydrogen-bond donors (Lipinski definition) is 1. The summed E-state index contributed by atoms with van der Waals surface area (Å²) in [6.07, 6.45) is 1.82. The van der Waals surface area contributed by atoms with Crippen LogP contribution < -0.4 is 29.6 Å². The Morgan fingerprint density at radius 3 is 1.47 bits per heavy atom. The molecule has 4 rings (SSSR count). The summed E-state index contributed by atoms with van der Waals surface area (Å²) in [4.78, 5) is 51.3. The predicted molar refractivity (Wildman–Crippen MR) is 222 cm³/mol. The molecule has 4 aromatic rings. The van der Waals surface area contributed by atoms with E-state index in [9.17, 15) is 28.0 Å². The van der Waals surface area contributed by atoms with Gasteiger partial charge in [0.05, 0.1) is 17.5 Å². The molecule has 304 valence electrons. The van der Waals surface area contributed by atoms with Gasteiger partial charge < -0.3 is 10.6 Å². The molecule has 4 aromatic carbocycles. The molecule has 0 aliphatic heterocycles. The number of alkyl halides is 1. The number of carbonyl (C=O) groups is 4. The Morgan fingerprint density at radius 1 is 0.702 bits per heavy atom. The van der Waals surface area contributed by atoms with Gasteiger partial charge in [-0.15, -0.1) is 0 Å². The summed E-state index contributed by atoms with van der Waals surface area (Å²) in [7, 11) is 7.47. The molecule has 8 nitrogen and oxygen atoms in total. The van der Waals surface area contributed by atoms with E-state index in [0.29, 0.717) is 24.0 Å². The number of Topliss-reactive ketones (excluding diaryl/α,β-unsaturated/α-hetero) is 3. The molecule has 12 heteroatoms. The number of benzene rings is 4. The fourth-order valence-corrected chi connectivity index (χ4v) is 6.41. The quantitative estimate of drug-likeness (QED) is 0.0807. The molecule has 4 unspecified atom stereocenters. The third-order valence-corrected chi connectivity index (χ3v) is 10.6. The Hall–Kier alpha value is -3.42. The van der Waals surface area contributed by atoms with Crippen LogP contribution in [-0.4, -0.2) is 83.5 Å². The monoisotopic (exact) mass is 860 g/mol. The van der Waals surface area contributed by atoms with Crippen LogP contribution in [0.15, 0.2) is 97.1 Å². The third kappa shape index (κ3) is 15.7. The van der Waals surface area contributed by atoms with Crippen molar-refractivity contribution >= 4 is 39.2 Å². The van der Waals surface area contributed by atoms with Crippen LogP contribution in [0, 0.1) is 11.6 Å². The van der Waals surface area contributed by atoms with Crippen molar-refractivity contribution in [1.29, 1.82) is 0 Å². The van der Waals surface area contributed by atoms with Gasteiger partial charge in [-0.05, 0) is 132 Å². The third-order valence-electron chi connectivity index (χ3n) is 10.0. The van der Waals surface area contributed by atoms with E-state index in [1.165, 1.54) is 54.1 Å². The van der Waals surface area contributed by atoms with Crippen molar-refractivity contribution in [3.8, 4) is 0 Å². The average molecular weight is 862 g/mol. The normalized spacial score (nSPS) is 13.2. The van der Waals surface area contributed by atoms with E-state index in [1.54, 1.807) is 26.0 Å². The first kappa shape index (κ1) is 53.6. The zero-order chi connectivity index (χ0) is 41.5. The van der Waals surface area contributed by atoms with Crippen LogP contribution in [0.2, 0.25) is 0 Å². The first-order valence-corrected chi connectivity index (χ1v) is 19.4. The summed E-state index contributed by atoms with van der Waals surface area (Å²) in [5.41, 5.74) is 4.28. The number of carbonyl (C=O) groups excluding carboxylic acids is 3. The molecule has 0 spiro atoms. The zero-order valence-electron chi connectivity index (χ0n) is 34.9. The van der Waals surface area contributed by atoms with Gasteiger partial charge in [0.1, 0.15) is 17.4 Å². The average Bonchev–Trinajstić information content (AvgIpc) is 3.17. The zero-order valence-corrected chi connectivity index (χ0v) is 38.4. The van der Waals surface area contributed by atoms with Crippen LogP contribution in [0.1, 0.15) is 102 Å². The summed E-state index contributed by atoms with van der Waals surface area (Å²) in [6, 6.07) is 26.7. The van der Waals surface area contributed by atoms with E-state index in [1.807, 2.05) is 95.2 Å². The van der Waals surface area contributed by atoms with Crippen LogP contribution in [0.25, 0.3) is 0 Å². The van der Waals surface area contributed by atoms with Crippen molar-refractivity contribution in [2.75, 3.05) is 28.2 Å². The Bertz CT molecular complexity index is 1840. The van der Waals surface area contributed by atoms with Crippen LogP contribution in [0.3, 0.4) is 0 Å². The largest absolute Gasteiger partial charge is 1.00 e. The van der Waals surface area contributed by atoms with Crippen molar-refractivity contribution in [2.24, 2.45) is 0 Å². The summed E-state index contributed by atoms with van der Waals surface area (Å²) in [5, 5.41) is 10.0. The second-order valence-corrected chi connectivity index (χ2v) is 14.6. The van der Waals surface area contributed by atoms with Gasteiger partial charge in [0.2, 0.25) is 0 Å². The van der Waals surface area contributed by atoms with Crippen LogP contribution >= 0.6 is 15.9 Å². The van der Waals surface area contributed by atoms with Crippen molar-refractivity contribution in [3.05, 3.63) is 142 Å². The Morgan fingerprint density at radius 2 is 1.12 bits per heavy atom. The fraction of sp³-hybridized carbons (Fsp3) is 0.378. The molecule has 57 heavy (non-hydrogen) atoms. The van der Waals surface area contributed by atoms with Crippen molar-refractivity contribution in [1.82, 2.24) is 9.80 Å². The second-order valence-electron chi connectivity index (χ2n) is 14.1. The van der Waals surface area contributed by atoms with E-state index in [0.717, 1.165) is 28.4 Å². The van der Waals surface area contributed by atoms with E-state index in [2.05, 4.69) is 15.9 Å². The van der Waals surface area contributed by atoms with Gasteiger partial charge in [-0.1, -0.05) is 85.2 Å². The number of carboxylic acid groups (broad SMARTS) is 1. The minimum Gasteiger partial charge on any atom is -0.870 e. The Balaban J connectivity index is 0.000000888. The van der Waals surface area contributed by atoms with Crippen LogP contribution in [0.4, 0.5) is 8.78 Å². The van der Waals surface area contributed by atoms with Gasteiger partial charge in [0, 0.05) is 22.4 Å². The number of rotatable bonds is 15. The number of hydrogen-bond acceptors (Lipinski definition) is 7. The summed E-state index contributed by atoms with van der Waals surface area (Å²) in [6.45, 7) is 9.13.